The first-order valence-electron chi connectivity index (χ1n) is 11.5. The van der Waals surface area contributed by atoms with E-state index >= 15 is 0 Å². The second kappa shape index (κ2) is 9.66. The van der Waals surface area contributed by atoms with Gasteiger partial charge < -0.3 is 9.47 Å². The van der Waals surface area contributed by atoms with Crippen molar-refractivity contribution in [3.8, 4) is 12.8 Å². The quantitative estimate of drug-likeness (QED) is 0.346. The summed E-state index contributed by atoms with van der Waals surface area (Å²) in [6.07, 6.45) is 16.4. The van der Waals surface area contributed by atoms with Gasteiger partial charge in [-0.25, -0.2) is 9.97 Å². The Balaban J connectivity index is 0.00000126. The van der Waals surface area contributed by atoms with E-state index in [9.17, 15) is 0 Å². The van der Waals surface area contributed by atoms with Gasteiger partial charge in [0.1, 0.15) is 25.6 Å². The monoisotopic (exact) mass is 435 g/mol. The van der Waals surface area contributed by atoms with Gasteiger partial charge in [0.25, 0.3) is 0 Å². The molecule has 1 aromatic carbocycles. The predicted octanol–water partition coefficient (Wildman–Crippen LogP) is 4.31. The van der Waals surface area contributed by atoms with E-state index in [1.165, 1.54) is 30.2 Å². The highest BCUT2D eigenvalue weighted by molar-refractivity contribution is 6.36. The Morgan fingerprint density at radius 1 is 1.09 bits per heavy atom. The molecule has 3 atom stereocenters. The van der Waals surface area contributed by atoms with E-state index in [4.69, 9.17) is 12.8 Å². The maximum absolute atomic E-state index is 6.03. The van der Waals surface area contributed by atoms with E-state index in [2.05, 4.69) is 75.7 Å². The lowest BCUT2D eigenvalue weighted by Crippen LogP contribution is -2.11. The van der Waals surface area contributed by atoms with E-state index in [-0.39, 0.29) is 0 Å². The van der Waals surface area contributed by atoms with Crippen molar-refractivity contribution in [2.24, 2.45) is 11.8 Å². The summed E-state index contributed by atoms with van der Waals surface area (Å²) in [5.41, 5.74) is 3.98. The molecule has 33 heavy (non-hydrogen) atoms. The molecule has 1 unspecified atom stereocenters. The largest absolute Gasteiger partial charge is 0.363 e. The van der Waals surface area contributed by atoms with Crippen LogP contribution in [0.1, 0.15) is 37.8 Å². The molecule has 2 radical (unpaired) electrons. The maximum atomic E-state index is 6.03. The van der Waals surface area contributed by atoms with Crippen LogP contribution in [0.5, 0.6) is 0 Å². The highest BCUT2D eigenvalue weighted by Crippen LogP contribution is 2.42. The zero-order chi connectivity index (χ0) is 23.5. The number of rotatable bonds is 5. The Hall–Kier alpha value is -3.33. The van der Waals surface area contributed by atoms with Crippen LogP contribution in [0.2, 0.25) is 0 Å². The van der Waals surface area contributed by atoms with Gasteiger partial charge in [-0.15, -0.1) is 12.8 Å². The summed E-state index contributed by atoms with van der Waals surface area (Å²) in [4.78, 5) is 15.5. The molecule has 3 heterocycles. The fourth-order valence-electron chi connectivity index (χ4n) is 5.12. The van der Waals surface area contributed by atoms with Gasteiger partial charge in [-0.05, 0) is 67.3 Å². The summed E-state index contributed by atoms with van der Waals surface area (Å²) in [5, 5.41) is 2.16. The molecule has 0 bridgehead atoms. The third kappa shape index (κ3) is 4.59. The summed E-state index contributed by atoms with van der Waals surface area (Å²) in [5.74, 6) is 2.40. The molecular weight excluding hydrogens is 405 g/mol. The average molecular weight is 435 g/mol. The van der Waals surface area contributed by atoms with Crippen LogP contribution >= 0.6 is 0 Å². The summed E-state index contributed by atoms with van der Waals surface area (Å²) in [6.45, 7) is 2.39. The second-order valence-corrected chi connectivity index (χ2v) is 9.21. The minimum atomic E-state index is 0.479. The predicted molar refractivity (Wildman–Crippen MR) is 138 cm³/mol. The van der Waals surface area contributed by atoms with Crippen molar-refractivity contribution in [1.82, 2.24) is 19.5 Å². The van der Waals surface area contributed by atoms with Crippen molar-refractivity contribution in [3.63, 3.8) is 0 Å². The number of fused-ring (bicyclic) bond motifs is 2. The normalized spacial score (nSPS) is 20.0. The number of pyridine rings is 1. The maximum Gasteiger partial charge on any atom is 0.142 e. The fourth-order valence-corrected chi connectivity index (χ4v) is 5.12. The SMILES string of the molecule is C#C.[B]c1ncnc2c1ccn2[C@@H]1CC(CCc2ccc3ccc(N(C)C)nc3c2)[C@@H](C)C1. The van der Waals surface area contributed by atoms with Crippen molar-refractivity contribution in [3.05, 3.63) is 54.5 Å². The Kier molecular flexibility index (Phi) is 6.69. The highest BCUT2D eigenvalue weighted by Gasteiger charge is 2.32. The summed E-state index contributed by atoms with van der Waals surface area (Å²) in [6, 6.07) is 13.5. The van der Waals surface area contributed by atoms with Crippen molar-refractivity contribution < 1.29 is 0 Å². The molecule has 1 aliphatic rings. The zero-order valence-corrected chi connectivity index (χ0v) is 19.6. The van der Waals surface area contributed by atoms with Crippen LogP contribution in [0.15, 0.2) is 48.9 Å². The van der Waals surface area contributed by atoms with E-state index in [0.717, 1.165) is 28.8 Å². The van der Waals surface area contributed by atoms with Crippen molar-refractivity contribution in [2.45, 2.75) is 38.6 Å². The molecule has 1 aliphatic carbocycles. The number of hydrogen-bond donors (Lipinski definition) is 0. The van der Waals surface area contributed by atoms with E-state index in [1.807, 2.05) is 20.2 Å². The number of hydrogen-bond acceptors (Lipinski definition) is 4. The van der Waals surface area contributed by atoms with Crippen LogP contribution in [0.3, 0.4) is 0 Å². The zero-order valence-electron chi connectivity index (χ0n) is 19.6. The number of terminal acetylenes is 1. The molecule has 0 amide bonds. The lowest BCUT2D eigenvalue weighted by molar-refractivity contribution is 0.391. The van der Waals surface area contributed by atoms with E-state index < -0.39 is 0 Å². The van der Waals surface area contributed by atoms with E-state index in [0.29, 0.717) is 23.5 Å². The smallest absolute Gasteiger partial charge is 0.142 e. The first kappa shape index (κ1) is 22.9. The van der Waals surface area contributed by atoms with Gasteiger partial charge in [0.05, 0.1) is 5.52 Å². The molecule has 4 aromatic rings. The van der Waals surface area contributed by atoms with Crippen LogP contribution in [0.25, 0.3) is 21.9 Å². The van der Waals surface area contributed by atoms with Crippen LogP contribution in [0, 0.1) is 24.7 Å². The molecule has 166 valence electrons. The Labute approximate surface area is 197 Å². The molecule has 1 fully saturated rings. The summed E-state index contributed by atoms with van der Waals surface area (Å²) in [7, 11) is 10.1. The van der Waals surface area contributed by atoms with Gasteiger partial charge in [-0.1, -0.05) is 19.1 Å². The molecule has 5 nitrogen and oxygen atoms in total. The number of benzene rings is 1. The third-order valence-electron chi connectivity index (χ3n) is 6.96. The Morgan fingerprint density at radius 2 is 1.88 bits per heavy atom. The van der Waals surface area contributed by atoms with Crippen molar-refractivity contribution in [2.75, 3.05) is 19.0 Å². The van der Waals surface area contributed by atoms with Gasteiger partial charge >= 0.3 is 0 Å². The van der Waals surface area contributed by atoms with Gasteiger partial charge in [-0.2, -0.15) is 0 Å². The van der Waals surface area contributed by atoms with Gasteiger partial charge in [0.2, 0.25) is 0 Å². The van der Waals surface area contributed by atoms with Crippen LogP contribution < -0.4 is 10.5 Å². The summed E-state index contributed by atoms with van der Waals surface area (Å²) < 4.78 is 2.31. The molecule has 6 heteroatoms. The molecule has 1 saturated carbocycles. The first-order chi connectivity index (χ1) is 16.0. The number of aromatic nitrogens is 4. The Bertz CT molecular complexity index is 1280. The van der Waals surface area contributed by atoms with E-state index in [1.54, 1.807) is 6.33 Å². The minimum absolute atomic E-state index is 0.479. The Morgan fingerprint density at radius 3 is 2.67 bits per heavy atom. The molecule has 0 spiro atoms. The number of nitrogens with zero attached hydrogens (tertiary/aromatic N) is 5. The summed E-state index contributed by atoms with van der Waals surface area (Å²) >= 11 is 0. The van der Waals surface area contributed by atoms with Gasteiger partial charge in [0, 0.05) is 42.7 Å². The number of anilines is 1. The fraction of sp³-hybridized carbons (Fsp3) is 0.370. The standard InChI is InChI=1S/C25H28BN5.C2H2/c1-16-12-20(31-11-10-21-24(26)27-15-28-25(21)31)14-19(16)7-5-17-4-6-18-8-9-23(30(2)3)29-22(18)13-17;1-2/h4,6,8-11,13,15-16,19-20H,5,7,12,14H2,1-3H3;1-2H/t16-,19?,20-;/m0./s1. The minimum Gasteiger partial charge on any atom is -0.363 e. The van der Waals surface area contributed by atoms with Crippen molar-refractivity contribution in [1.29, 1.82) is 0 Å². The average Bonchev–Trinajstić information content (AvgIpc) is 3.42. The van der Waals surface area contributed by atoms with Crippen LogP contribution in [-0.2, 0) is 6.42 Å². The second-order valence-electron chi connectivity index (χ2n) is 9.21. The molecule has 0 saturated heterocycles. The first-order valence-corrected chi connectivity index (χ1v) is 11.5. The van der Waals surface area contributed by atoms with Gasteiger partial charge in [0.15, 0.2) is 0 Å². The lowest BCUT2D eigenvalue weighted by Gasteiger charge is -2.16. The molecule has 3 aromatic heterocycles. The molecule has 0 aliphatic heterocycles. The highest BCUT2D eigenvalue weighted by atomic mass is 15.1. The number of aryl methyl sites for hydroxylation is 1. The van der Waals surface area contributed by atoms with Gasteiger partial charge in [-0.3, -0.25) is 4.98 Å². The molecular formula is C27H30BN5. The van der Waals surface area contributed by atoms with Crippen molar-refractivity contribution >= 4 is 41.2 Å². The topological polar surface area (TPSA) is 46.8 Å². The lowest BCUT2D eigenvalue weighted by atomic mass is 9.91. The molecule has 5 rings (SSSR count). The van der Waals surface area contributed by atoms with Crippen LogP contribution in [0.4, 0.5) is 5.82 Å². The molecule has 0 N–H and O–H groups in total. The third-order valence-corrected chi connectivity index (χ3v) is 6.96. The van der Waals surface area contributed by atoms with Crippen LogP contribution in [-0.4, -0.2) is 41.5 Å².